The van der Waals surface area contributed by atoms with Crippen LogP contribution in [0.1, 0.15) is 37.6 Å². The Morgan fingerprint density at radius 3 is 2.67 bits per heavy atom. The second-order valence-corrected chi connectivity index (χ2v) is 10.4. The van der Waals surface area contributed by atoms with E-state index >= 15 is 0 Å². The number of benzene rings is 2. The van der Waals surface area contributed by atoms with Gasteiger partial charge in [0, 0.05) is 20.6 Å². The maximum Gasteiger partial charge on any atom is 0.263 e. The summed E-state index contributed by atoms with van der Waals surface area (Å²) in [6.45, 7) is 0. The van der Waals surface area contributed by atoms with Gasteiger partial charge in [0.05, 0.1) is 11.3 Å². The van der Waals surface area contributed by atoms with Crippen molar-refractivity contribution in [2.24, 2.45) is 0 Å². The van der Waals surface area contributed by atoms with Gasteiger partial charge in [-0.1, -0.05) is 46.3 Å². The minimum Gasteiger partial charge on any atom is -0.347 e. The smallest absolute Gasteiger partial charge is 0.263 e. The number of thiophene rings is 1. The van der Waals surface area contributed by atoms with E-state index in [0.717, 1.165) is 40.0 Å². The van der Waals surface area contributed by atoms with E-state index in [2.05, 4.69) is 21.2 Å². The lowest BCUT2D eigenvalue weighted by Gasteiger charge is -2.36. The van der Waals surface area contributed by atoms with Crippen molar-refractivity contribution in [2.45, 2.75) is 24.8 Å². The molecule has 0 radical (unpaired) electrons. The summed E-state index contributed by atoms with van der Waals surface area (Å²) in [6.07, 6.45) is 3.14. The molecule has 0 fully saturated rings. The fourth-order valence-electron chi connectivity index (χ4n) is 3.97. The Kier molecular flexibility index (Phi) is 5.43. The van der Waals surface area contributed by atoms with E-state index in [-0.39, 0.29) is 22.9 Å². The molecule has 1 aliphatic heterocycles. The Balaban J connectivity index is 1.43. The number of hydrogen-bond acceptors (Lipinski definition) is 5. The van der Waals surface area contributed by atoms with Crippen LogP contribution in [0.3, 0.4) is 0 Å². The number of hydrogen-bond donors (Lipinski definition) is 1. The Morgan fingerprint density at radius 2 is 1.90 bits per heavy atom. The maximum atomic E-state index is 13.6. The molecule has 2 aromatic carbocycles. The molecule has 0 unspecified atom stereocenters. The van der Waals surface area contributed by atoms with Gasteiger partial charge in [0.2, 0.25) is 0 Å². The molecule has 2 heterocycles. The molecule has 5 rings (SSSR count). The van der Waals surface area contributed by atoms with Crippen LogP contribution in [0.2, 0.25) is 0 Å². The minimum atomic E-state index is -0.328. The summed E-state index contributed by atoms with van der Waals surface area (Å²) < 4.78 is 0.944. The molecule has 1 aliphatic carbocycles. The zero-order valence-corrected chi connectivity index (χ0v) is 19.3. The average Bonchev–Trinajstić information content (AvgIpc) is 3.34. The second kappa shape index (κ2) is 8.21. The molecule has 4 nitrogen and oxygen atoms in total. The van der Waals surface area contributed by atoms with E-state index in [1.807, 2.05) is 54.6 Å². The normalized spacial score (nSPS) is 17.4. The van der Waals surface area contributed by atoms with Crippen molar-refractivity contribution >= 4 is 61.4 Å². The average molecular weight is 499 g/mol. The molecule has 30 heavy (non-hydrogen) atoms. The van der Waals surface area contributed by atoms with Crippen LogP contribution in [-0.2, 0) is 12.8 Å². The maximum absolute atomic E-state index is 13.6. The van der Waals surface area contributed by atoms with E-state index in [4.69, 9.17) is 0 Å². The Bertz CT molecular complexity index is 1110. The SMILES string of the molecule is O=C(CS[C@H]1Nc2sc3c(c2C(=O)N1c1ccccc1)CCC3)c1ccc(Br)cc1. The number of nitrogens with zero attached hydrogens (tertiary/aromatic N) is 1. The number of fused-ring (bicyclic) bond motifs is 3. The molecule has 0 bridgehead atoms. The van der Waals surface area contributed by atoms with Gasteiger partial charge in [-0.2, -0.15) is 0 Å². The van der Waals surface area contributed by atoms with Crippen LogP contribution in [0.5, 0.6) is 0 Å². The van der Waals surface area contributed by atoms with Crippen molar-refractivity contribution in [3.05, 3.63) is 80.6 Å². The summed E-state index contributed by atoms with van der Waals surface area (Å²) in [6, 6.07) is 17.1. The van der Waals surface area contributed by atoms with Crippen LogP contribution < -0.4 is 10.2 Å². The highest BCUT2D eigenvalue weighted by Gasteiger charge is 2.38. The predicted octanol–water partition coefficient (Wildman–Crippen LogP) is 5.97. The molecule has 1 atom stereocenters. The highest BCUT2D eigenvalue weighted by molar-refractivity contribution is 9.10. The number of nitrogens with one attached hydrogen (secondary N) is 1. The number of halogens is 1. The van der Waals surface area contributed by atoms with E-state index < -0.39 is 0 Å². The van der Waals surface area contributed by atoms with Gasteiger partial charge in [0.25, 0.3) is 5.91 Å². The molecular weight excluding hydrogens is 480 g/mol. The Hall–Kier alpha value is -2.09. The first kappa shape index (κ1) is 19.8. The van der Waals surface area contributed by atoms with Gasteiger partial charge in [0.1, 0.15) is 5.00 Å². The van der Waals surface area contributed by atoms with Crippen LogP contribution >= 0.6 is 39.0 Å². The summed E-state index contributed by atoms with van der Waals surface area (Å²) in [7, 11) is 0. The van der Waals surface area contributed by atoms with Crippen molar-refractivity contribution in [1.29, 1.82) is 0 Å². The lowest BCUT2D eigenvalue weighted by molar-refractivity contribution is 0.0979. The molecule has 1 aromatic heterocycles. The second-order valence-electron chi connectivity index (χ2n) is 7.31. The van der Waals surface area contributed by atoms with E-state index in [0.29, 0.717) is 5.56 Å². The summed E-state index contributed by atoms with van der Waals surface area (Å²) in [5.41, 5.74) is 3.22. The molecule has 7 heteroatoms. The Morgan fingerprint density at radius 1 is 1.13 bits per heavy atom. The van der Waals surface area contributed by atoms with Crippen molar-refractivity contribution in [3.8, 4) is 0 Å². The summed E-state index contributed by atoms with van der Waals surface area (Å²) in [5, 5.41) is 4.50. The quantitative estimate of drug-likeness (QED) is 0.440. The highest BCUT2D eigenvalue weighted by Crippen LogP contribution is 2.44. The molecule has 1 amide bonds. The minimum absolute atomic E-state index is 0.0305. The largest absolute Gasteiger partial charge is 0.347 e. The topological polar surface area (TPSA) is 49.4 Å². The van der Waals surface area contributed by atoms with Gasteiger partial charge < -0.3 is 5.32 Å². The lowest BCUT2D eigenvalue weighted by atomic mass is 10.1. The zero-order chi connectivity index (χ0) is 20.7. The first-order valence-corrected chi connectivity index (χ1v) is 12.5. The monoisotopic (exact) mass is 498 g/mol. The van der Waals surface area contributed by atoms with Gasteiger partial charge in [-0.05, 0) is 49.1 Å². The molecule has 152 valence electrons. The number of rotatable bonds is 5. The molecule has 1 N–H and O–H groups in total. The summed E-state index contributed by atoms with van der Waals surface area (Å²) in [4.78, 5) is 29.4. The number of para-hydroxylation sites is 1. The highest BCUT2D eigenvalue weighted by atomic mass is 79.9. The van der Waals surface area contributed by atoms with Gasteiger partial charge >= 0.3 is 0 Å². The fourth-order valence-corrected chi connectivity index (χ4v) is 6.65. The summed E-state index contributed by atoms with van der Waals surface area (Å²) in [5.74, 6) is 0.369. The molecule has 0 saturated heterocycles. The third kappa shape index (κ3) is 3.59. The number of aryl methyl sites for hydroxylation is 1. The Labute approximate surface area is 191 Å². The number of carbonyl (C=O) groups excluding carboxylic acids is 2. The first-order chi connectivity index (χ1) is 14.6. The number of Topliss-reactive ketones (excluding diaryl/α,β-unsaturated/α-hetero) is 1. The number of carbonyl (C=O) groups is 2. The van der Waals surface area contributed by atoms with Crippen LogP contribution in [0, 0.1) is 0 Å². The molecule has 3 aromatic rings. The van der Waals surface area contributed by atoms with Gasteiger partial charge in [0.15, 0.2) is 11.3 Å². The van der Waals surface area contributed by atoms with Crippen molar-refractivity contribution < 1.29 is 9.59 Å². The third-order valence-electron chi connectivity index (χ3n) is 5.42. The number of amides is 1. The number of ketones is 1. The zero-order valence-electron chi connectivity index (χ0n) is 16.1. The number of anilines is 2. The van der Waals surface area contributed by atoms with E-state index in [1.54, 1.807) is 16.2 Å². The van der Waals surface area contributed by atoms with Crippen LogP contribution in [0.15, 0.2) is 59.1 Å². The predicted molar refractivity (Wildman–Crippen MR) is 128 cm³/mol. The molecular formula is C23H19BrN2O2S2. The number of thioether (sulfide) groups is 1. The van der Waals surface area contributed by atoms with E-state index in [9.17, 15) is 9.59 Å². The summed E-state index contributed by atoms with van der Waals surface area (Å²) >= 11 is 6.55. The molecule has 0 saturated carbocycles. The van der Waals surface area contributed by atoms with Gasteiger partial charge in [-0.25, -0.2) is 0 Å². The first-order valence-electron chi connectivity index (χ1n) is 9.82. The third-order valence-corrected chi connectivity index (χ3v) is 8.24. The fraction of sp³-hybridized carbons (Fsp3) is 0.217. The molecule has 2 aliphatic rings. The van der Waals surface area contributed by atoms with Crippen LogP contribution in [0.4, 0.5) is 10.7 Å². The van der Waals surface area contributed by atoms with Crippen molar-refractivity contribution in [2.75, 3.05) is 16.0 Å². The standard InChI is InChI=1S/C23H19BrN2O2S2/c24-15-11-9-14(10-12-15)18(27)13-29-23-25-21-20(17-7-4-8-19(17)30-21)22(28)26(23)16-5-2-1-3-6-16/h1-3,5-6,9-12,23,25H,4,7-8,13H2/t23-/m0/s1. The van der Waals surface area contributed by atoms with Crippen molar-refractivity contribution in [3.63, 3.8) is 0 Å². The van der Waals surface area contributed by atoms with Gasteiger partial charge in [-0.15, -0.1) is 23.1 Å². The van der Waals surface area contributed by atoms with Crippen LogP contribution in [-0.4, -0.2) is 22.9 Å². The van der Waals surface area contributed by atoms with Crippen LogP contribution in [0.25, 0.3) is 0 Å². The van der Waals surface area contributed by atoms with Crippen molar-refractivity contribution in [1.82, 2.24) is 0 Å². The molecule has 0 spiro atoms. The van der Waals surface area contributed by atoms with E-state index in [1.165, 1.54) is 22.2 Å². The lowest BCUT2D eigenvalue weighted by Crippen LogP contribution is -2.47. The van der Waals surface area contributed by atoms with Gasteiger partial charge in [-0.3, -0.25) is 14.5 Å².